The fourth-order valence-electron chi connectivity index (χ4n) is 3.81. The van der Waals surface area contributed by atoms with Crippen LogP contribution in [0.5, 0.6) is 11.5 Å². The quantitative estimate of drug-likeness (QED) is 0.250. The molecule has 4 aromatic rings. The minimum absolute atomic E-state index is 0.0387. The molecule has 0 aliphatic rings. The molecule has 0 saturated heterocycles. The van der Waals surface area contributed by atoms with Crippen molar-refractivity contribution in [2.75, 3.05) is 7.11 Å². The van der Waals surface area contributed by atoms with Crippen molar-refractivity contribution in [2.24, 2.45) is 5.10 Å². The van der Waals surface area contributed by atoms with Crippen LogP contribution in [0.2, 0.25) is 0 Å². The summed E-state index contributed by atoms with van der Waals surface area (Å²) in [4.78, 5) is 12.4. The summed E-state index contributed by atoms with van der Waals surface area (Å²) < 4.78 is 11.6. The van der Waals surface area contributed by atoms with Crippen LogP contribution in [0, 0.1) is 0 Å². The average Bonchev–Trinajstić information content (AvgIpc) is 2.87. The molecule has 5 heteroatoms. The summed E-state index contributed by atoms with van der Waals surface area (Å²) in [5.41, 5.74) is 6.24. The summed E-state index contributed by atoms with van der Waals surface area (Å²) in [6.07, 6.45) is 1.58. The second-order valence-electron chi connectivity index (χ2n) is 9.36. The molecule has 0 aromatic heterocycles. The smallest absolute Gasteiger partial charge is 0.271 e. The van der Waals surface area contributed by atoms with Crippen molar-refractivity contribution in [3.63, 3.8) is 0 Å². The standard InChI is InChI=1S/C30H30N2O3/c1-30(2,3)25-15-13-23(14-16-25)29(33)32-31-19-21-12-17-27(28(18-21)34-4)35-20-24-10-7-9-22-8-5-6-11-26(22)24/h5-19H,20H2,1-4H3,(H,32,33)/b31-19-. The molecule has 0 atom stereocenters. The van der Waals surface area contributed by atoms with Crippen molar-refractivity contribution in [3.8, 4) is 11.5 Å². The average molecular weight is 467 g/mol. The number of fused-ring (bicyclic) bond motifs is 1. The minimum atomic E-state index is -0.260. The third-order valence-electron chi connectivity index (χ3n) is 5.84. The number of ether oxygens (including phenoxy) is 2. The Morgan fingerprint density at radius 2 is 1.66 bits per heavy atom. The zero-order valence-electron chi connectivity index (χ0n) is 20.5. The third kappa shape index (κ3) is 5.87. The van der Waals surface area contributed by atoms with E-state index in [4.69, 9.17) is 9.47 Å². The lowest BCUT2D eigenvalue weighted by molar-refractivity contribution is 0.0955. The van der Waals surface area contributed by atoms with E-state index in [9.17, 15) is 4.79 Å². The van der Waals surface area contributed by atoms with Crippen LogP contribution in [0.15, 0.2) is 90.0 Å². The Kier molecular flexibility index (Phi) is 7.16. The first-order valence-electron chi connectivity index (χ1n) is 11.6. The molecule has 4 aromatic carbocycles. The van der Waals surface area contributed by atoms with E-state index in [2.05, 4.69) is 55.6 Å². The van der Waals surface area contributed by atoms with E-state index in [1.54, 1.807) is 13.3 Å². The largest absolute Gasteiger partial charge is 0.493 e. The van der Waals surface area contributed by atoms with Gasteiger partial charge in [-0.1, -0.05) is 75.4 Å². The zero-order valence-corrected chi connectivity index (χ0v) is 20.5. The SMILES string of the molecule is COc1cc(/C=N\NC(=O)c2ccc(C(C)(C)C)cc2)ccc1OCc1cccc2ccccc12. The van der Waals surface area contributed by atoms with E-state index >= 15 is 0 Å². The van der Waals surface area contributed by atoms with E-state index in [-0.39, 0.29) is 11.3 Å². The van der Waals surface area contributed by atoms with Gasteiger partial charge in [0.1, 0.15) is 6.61 Å². The molecule has 4 rings (SSSR count). The Balaban J connectivity index is 1.40. The molecule has 5 nitrogen and oxygen atoms in total. The number of benzene rings is 4. The van der Waals surface area contributed by atoms with Crippen LogP contribution in [-0.4, -0.2) is 19.2 Å². The van der Waals surface area contributed by atoms with Crippen LogP contribution in [0.4, 0.5) is 0 Å². The van der Waals surface area contributed by atoms with Crippen molar-refractivity contribution in [1.29, 1.82) is 0 Å². The number of amides is 1. The summed E-state index contributed by atoms with van der Waals surface area (Å²) in [5, 5.41) is 6.45. The highest BCUT2D eigenvalue weighted by Gasteiger charge is 2.14. The van der Waals surface area contributed by atoms with Gasteiger partial charge in [-0.15, -0.1) is 0 Å². The second-order valence-corrected chi connectivity index (χ2v) is 9.36. The molecular formula is C30H30N2O3. The third-order valence-corrected chi connectivity index (χ3v) is 5.84. The van der Waals surface area contributed by atoms with E-state index in [0.717, 1.165) is 11.1 Å². The molecule has 35 heavy (non-hydrogen) atoms. The second kappa shape index (κ2) is 10.4. The Labute approximate surface area is 206 Å². The van der Waals surface area contributed by atoms with Crippen molar-refractivity contribution >= 4 is 22.9 Å². The van der Waals surface area contributed by atoms with E-state index < -0.39 is 0 Å². The molecule has 1 N–H and O–H groups in total. The number of carbonyl (C=O) groups is 1. The van der Waals surface area contributed by atoms with Gasteiger partial charge in [0.05, 0.1) is 13.3 Å². The summed E-state index contributed by atoms with van der Waals surface area (Å²) in [6, 6.07) is 27.5. The normalized spacial score (nSPS) is 11.5. The molecule has 0 spiro atoms. The fourth-order valence-corrected chi connectivity index (χ4v) is 3.81. The van der Waals surface area contributed by atoms with Crippen LogP contribution < -0.4 is 14.9 Å². The first kappa shape index (κ1) is 24.0. The Bertz CT molecular complexity index is 1350. The van der Waals surface area contributed by atoms with Crippen LogP contribution in [0.1, 0.15) is 47.8 Å². The molecule has 0 saturated carbocycles. The molecule has 0 bridgehead atoms. The molecule has 0 fully saturated rings. The van der Waals surface area contributed by atoms with Crippen LogP contribution in [-0.2, 0) is 12.0 Å². The first-order valence-corrected chi connectivity index (χ1v) is 11.6. The zero-order chi connectivity index (χ0) is 24.8. The van der Waals surface area contributed by atoms with Gasteiger partial charge in [0, 0.05) is 5.56 Å². The van der Waals surface area contributed by atoms with E-state index in [1.807, 2.05) is 60.7 Å². The van der Waals surface area contributed by atoms with Crippen LogP contribution in [0.25, 0.3) is 10.8 Å². The topological polar surface area (TPSA) is 59.9 Å². The predicted molar refractivity (Wildman–Crippen MR) is 141 cm³/mol. The molecule has 0 unspecified atom stereocenters. The van der Waals surface area contributed by atoms with Crippen LogP contribution in [0.3, 0.4) is 0 Å². The fraction of sp³-hybridized carbons (Fsp3) is 0.200. The lowest BCUT2D eigenvalue weighted by atomic mass is 9.87. The summed E-state index contributed by atoms with van der Waals surface area (Å²) >= 11 is 0. The Hall–Kier alpha value is -4.12. The lowest BCUT2D eigenvalue weighted by Gasteiger charge is -2.18. The molecular weight excluding hydrogens is 436 g/mol. The van der Waals surface area contributed by atoms with Gasteiger partial charge < -0.3 is 9.47 Å². The Morgan fingerprint density at radius 1 is 0.914 bits per heavy atom. The van der Waals surface area contributed by atoms with Crippen molar-refractivity contribution < 1.29 is 14.3 Å². The lowest BCUT2D eigenvalue weighted by Crippen LogP contribution is -2.18. The van der Waals surface area contributed by atoms with E-state index in [1.165, 1.54) is 16.3 Å². The highest BCUT2D eigenvalue weighted by molar-refractivity contribution is 5.95. The number of carbonyl (C=O) groups excluding carboxylic acids is 1. The number of methoxy groups -OCH3 is 1. The highest BCUT2D eigenvalue weighted by atomic mass is 16.5. The first-order chi connectivity index (χ1) is 16.8. The molecule has 0 aliphatic carbocycles. The predicted octanol–water partition coefficient (Wildman–Crippen LogP) is 6.49. The number of rotatable bonds is 7. The number of hydrogen-bond donors (Lipinski definition) is 1. The van der Waals surface area contributed by atoms with Gasteiger partial charge in [-0.25, -0.2) is 5.43 Å². The Morgan fingerprint density at radius 3 is 2.40 bits per heavy atom. The van der Waals surface area contributed by atoms with Crippen molar-refractivity contribution in [3.05, 3.63) is 107 Å². The van der Waals surface area contributed by atoms with Gasteiger partial charge in [0.2, 0.25) is 0 Å². The van der Waals surface area contributed by atoms with E-state index in [0.29, 0.717) is 23.7 Å². The van der Waals surface area contributed by atoms with Gasteiger partial charge in [-0.3, -0.25) is 4.79 Å². The summed E-state index contributed by atoms with van der Waals surface area (Å²) in [6.45, 7) is 6.84. The van der Waals surface area contributed by atoms with Crippen molar-refractivity contribution in [2.45, 2.75) is 32.8 Å². The van der Waals surface area contributed by atoms with Gasteiger partial charge in [-0.2, -0.15) is 5.10 Å². The molecule has 0 heterocycles. The monoisotopic (exact) mass is 466 g/mol. The van der Waals surface area contributed by atoms with Gasteiger partial charge >= 0.3 is 0 Å². The maximum absolute atomic E-state index is 12.4. The maximum atomic E-state index is 12.4. The summed E-state index contributed by atoms with van der Waals surface area (Å²) in [5.74, 6) is 0.975. The molecule has 0 radical (unpaired) electrons. The molecule has 1 amide bonds. The van der Waals surface area contributed by atoms with Gasteiger partial charge in [0.25, 0.3) is 5.91 Å². The molecule has 178 valence electrons. The number of hydrogen-bond acceptors (Lipinski definition) is 4. The number of nitrogens with one attached hydrogen (secondary N) is 1. The summed E-state index contributed by atoms with van der Waals surface area (Å²) in [7, 11) is 1.60. The minimum Gasteiger partial charge on any atom is -0.493 e. The van der Waals surface area contributed by atoms with Gasteiger partial charge in [0.15, 0.2) is 11.5 Å². The van der Waals surface area contributed by atoms with Crippen molar-refractivity contribution in [1.82, 2.24) is 5.43 Å². The molecule has 0 aliphatic heterocycles. The van der Waals surface area contributed by atoms with Crippen LogP contribution >= 0.6 is 0 Å². The number of nitrogens with zero attached hydrogens (tertiary/aromatic N) is 1. The highest BCUT2D eigenvalue weighted by Crippen LogP contribution is 2.29. The maximum Gasteiger partial charge on any atom is 0.271 e. The van der Waals surface area contributed by atoms with Gasteiger partial charge in [-0.05, 0) is 63.2 Å². The number of hydrazone groups is 1.